The lowest BCUT2D eigenvalue weighted by Crippen LogP contribution is -2.49. The monoisotopic (exact) mass is 594 g/mol. The first-order valence-electron chi connectivity index (χ1n) is 9.29. The molecule has 3 amide bonds. The highest BCUT2D eigenvalue weighted by atomic mass is 35.5. The first-order chi connectivity index (χ1) is 16.0. The van der Waals surface area contributed by atoms with Crippen LogP contribution in [0, 0.1) is 0 Å². The van der Waals surface area contributed by atoms with Crippen molar-refractivity contribution in [1.82, 2.24) is 10.0 Å². The maximum absolute atomic E-state index is 13.5. The molecule has 1 aliphatic rings. The minimum atomic E-state index is -0.896. The number of hydrazine groups is 1. The Morgan fingerprint density at radius 2 is 1.24 bits per heavy atom. The summed E-state index contributed by atoms with van der Waals surface area (Å²) in [7, 11) is 0. The Morgan fingerprint density at radius 3 is 1.74 bits per heavy atom. The van der Waals surface area contributed by atoms with Crippen LogP contribution in [0.15, 0.2) is 42.5 Å². The maximum Gasteiger partial charge on any atom is 0.282 e. The summed E-state index contributed by atoms with van der Waals surface area (Å²) in [5.74, 6) is -2.47. The van der Waals surface area contributed by atoms with E-state index in [1.165, 1.54) is 36.4 Å². The predicted octanol–water partition coefficient (Wildman–Crippen LogP) is 8.11. The normalized spacial score (nSPS) is 12.9. The van der Waals surface area contributed by atoms with E-state index in [0.29, 0.717) is 20.6 Å². The van der Waals surface area contributed by atoms with Crippen LogP contribution in [0.3, 0.4) is 0 Å². The van der Waals surface area contributed by atoms with Crippen molar-refractivity contribution in [3.05, 3.63) is 99.9 Å². The van der Waals surface area contributed by atoms with Gasteiger partial charge in [-0.3, -0.25) is 14.4 Å². The third-order valence-electron chi connectivity index (χ3n) is 4.96. The summed E-state index contributed by atoms with van der Waals surface area (Å²) in [6.07, 6.45) is 0. The second-order valence-electron chi connectivity index (χ2n) is 7.05. The lowest BCUT2D eigenvalue weighted by atomic mass is 10.1. The van der Waals surface area contributed by atoms with Crippen LogP contribution < -0.4 is 0 Å². The summed E-state index contributed by atoms with van der Waals surface area (Å²) in [5, 5.41) is 1.65. The van der Waals surface area contributed by atoms with E-state index < -0.39 is 17.7 Å². The summed E-state index contributed by atoms with van der Waals surface area (Å²) in [6, 6.07) is 10.6. The number of nitrogens with zero attached hydrogens (tertiary/aromatic N) is 2. The SMILES string of the molecule is O=C(c1ccc(Cl)cc1)N(Cc1ccc(Cl)c(Cl)c1)N1C(=O)c2c(Cl)c(Cl)c(Cl)c(Cl)c2C1=O. The Hall–Kier alpha value is -1.70. The van der Waals surface area contributed by atoms with Gasteiger partial charge in [0.05, 0.1) is 47.8 Å². The smallest absolute Gasteiger partial charge is 0.267 e. The van der Waals surface area contributed by atoms with E-state index in [2.05, 4.69) is 0 Å². The van der Waals surface area contributed by atoms with E-state index in [-0.39, 0.29) is 48.3 Å². The molecule has 0 saturated heterocycles. The van der Waals surface area contributed by atoms with Gasteiger partial charge in [-0.05, 0) is 42.0 Å². The average molecular weight is 597 g/mol. The van der Waals surface area contributed by atoms with Gasteiger partial charge in [0, 0.05) is 10.6 Å². The number of amides is 3. The minimum absolute atomic E-state index is 0.161. The van der Waals surface area contributed by atoms with Crippen molar-refractivity contribution < 1.29 is 14.4 Å². The Morgan fingerprint density at radius 1 is 0.706 bits per heavy atom. The van der Waals surface area contributed by atoms with E-state index in [4.69, 9.17) is 81.2 Å². The number of carbonyl (C=O) groups excluding carboxylic acids is 3. The van der Waals surface area contributed by atoms with Gasteiger partial charge in [-0.25, -0.2) is 5.01 Å². The Bertz CT molecular complexity index is 1330. The molecule has 3 aromatic carbocycles. The largest absolute Gasteiger partial charge is 0.282 e. The number of halogens is 7. The minimum Gasteiger partial charge on any atom is -0.267 e. The van der Waals surface area contributed by atoms with Gasteiger partial charge in [0.15, 0.2) is 0 Å². The molecule has 0 atom stereocenters. The predicted molar refractivity (Wildman–Crippen MR) is 135 cm³/mol. The number of imide groups is 1. The highest BCUT2D eigenvalue weighted by Gasteiger charge is 2.46. The standard InChI is InChI=1S/C22H9Cl7N2O3/c23-11-4-2-10(3-5-11)20(32)30(8-9-1-6-12(24)13(25)7-9)31-21(33)14-15(22(31)34)17(27)19(29)18(28)16(14)26/h1-7H,8H2. The van der Waals surface area contributed by atoms with E-state index in [0.717, 1.165) is 5.01 Å². The number of rotatable bonds is 4. The Labute approximate surface area is 228 Å². The molecular weight excluding hydrogens is 588 g/mol. The first-order valence-corrected chi connectivity index (χ1v) is 11.9. The van der Waals surface area contributed by atoms with E-state index in [9.17, 15) is 14.4 Å². The van der Waals surface area contributed by atoms with Crippen LogP contribution in [-0.2, 0) is 6.54 Å². The van der Waals surface area contributed by atoms with Gasteiger partial charge in [-0.2, -0.15) is 5.01 Å². The topological polar surface area (TPSA) is 57.7 Å². The number of hydrogen-bond donors (Lipinski definition) is 0. The van der Waals surface area contributed by atoms with Gasteiger partial charge < -0.3 is 0 Å². The summed E-state index contributed by atoms with van der Waals surface area (Å²) < 4.78 is 0. The number of fused-ring (bicyclic) bond motifs is 1. The fourth-order valence-electron chi connectivity index (χ4n) is 3.34. The Kier molecular flexibility index (Phi) is 7.28. The summed E-state index contributed by atoms with van der Waals surface area (Å²) in [5.41, 5.74) is 0.138. The van der Waals surface area contributed by atoms with Crippen molar-refractivity contribution in [2.75, 3.05) is 0 Å². The number of carbonyl (C=O) groups is 3. The van der Waals surface area contributed by atoms with Gasteiger partial charge >= 0.3 is 0 Å². The highest BCUT2D eigenvalue weighted by molar-refractivity contribution is 6.55. The van der Waals surface area contributed by atoms with Crippen molar-refractivity contribution in [3.63, 3.8) is 0 Å². The second kappa shape index (κ2) is 9.75. The summed E-state index contributed by atoms with van der Waals surface area (Å²) in [4.78, 5) is 40.3. The van der Waals surface area contributed by atoms with Crippen LogP contribution in [0.25, 0.3) is 0 Å². The zero-order valence-corrected chi connectivity index (χ0v) is 21.8. The quantitative estimate of drug-likeness (QED) is 0.174. The van der Waals surface area contributed by atoms with Crippen LogP contribution in [0.5, 0.6) is 0 Å². The molecule has 12 heteroatoms. The highest BCUT2D eigenvalue weighted by Crippen LogP contribution is 2.45. The molecule has 4 rings (SSSR count). The van der Waals surface area contributed by atoms with E-state index in [1.807, 2.05) is 0 Å². The van der Waals surface area contributed by atoms with Crippen LogP contribution in [0.4, 0.5) is 0 Å². The summed E-state index contributed by atoms with van der Waals surface area (Å²) >= 11 is 42.7. The third kappa shape index (κ3) is 4.35. The zero-order chi connectivity index (χ0) is 24.9. The van der Waals surface area contributed by atoms with Crippen molar-refractivity contribution in [1.29, 1.82) is 0 Å². The molecule has 0 radical (unpaired) electrons. The molecule has 0 fully saturated rings. The molecule has 0 N–H and O–H groups in total. The second-order valence-corrected chi connectivity index (χ2v) is 9.81. The molecule has 1 aliphatic heterocycles. The molecule has 0 spiro atoms. The zero-order valence-electron chi connectivity index (χ0n) is 16.5. The molecule has 5 nitrogen and oxygen atoms in total. The van der Waals surface area contributed by atoms with Gasteiger partial charge in [0.25, 0.3) is 17.7 Å². The van der Waals surface area contributed by atoms with E-state index in [1.54, 1.807) is 6.07 Å². The molecular formula is C22H9Cl7N2O3. The lowest BCUT2D eigenvalue weighted by Gasteiger charge is -2.30. The van der Waals surface area contributed by atoms with Crippen molar-refractivity contribution in [2.24, 2.45) is 0 Å². The van der Waals surface area contributed by atoms with E-state index >= 15 is 0 Å². The van der Waals surface area contributed by atoms with Crippen LogP contribution in [0.1, 0.15) is 36.6 Å². The first kappa shape index (κ1) is 25.4. The third-order valence-corrected chi connectivity index (χ3v) is 7.76. The molecule has 0 aromatic heterocycles. The molecule has 0 aliphatic carbocycles. The lowest BCUT2D eigenvalue weighted by molar-refractivity contribution is 0.000881. The molecule has 0 saturated carbocycles. The van der Waals surface area contributed by atoms with Crippen LogP contribution in [-0.4, -0.2) is 27.7 Å². The van der Waals surface area contributed by atoms with Gasteiger partial charge in [0.1, 0.15) is 0 Å². The van der Waals surface area contributed by atoms with Crippen LogP contribution in [0.2, 0.25) is 35.2 Å². The van der Waals surface area contributed by atoms with Crippen molar-refractivity contribution >= 4 is 98.9 Å². The molecule has 34 heavy (non-hydrogen) atoms. The molecule has 1 heterocycles. The maximum atomic E-state index is 13.5. The average Bonchev–Trinajstić information content (AvgIpc) is 3.07. The molecule has 174 valence electrons. The van der Waals surface area contributed by atoms with Crippen molar-refractivity contribution in [2.45, 2.75) is 6.54 Å². The van der Waals surface area contributed by atoms with Gasteiger partial charge in [-0.15, -0.1) is 0 Å². The number of hydrogen-bond acceptors (Lipinski definition) is 3. The van der Waals surface area contributed by atoms with Gasteiger partial charge in [-0.1, -0.05) is 87.3 Å². The summed E-state index contributed by atoms with van der Waals surface area (Å²) in [6.45, 7) is -0.222. The Balaban J connectivity index is 1.85. The number of benzene rings is 3. The fourth-order valence-corrected chi connectivity index (χ4v) is 4.80. The van der Waals surface area contributed by atoms with Gasteiger partial charge in [0.2, 0.25) is 0 Å². The molecule has 0 unspecified atom stereocenters. The van der Waals surface area contributed by atoms with Crippen molar-refractivity contribution in [3.8, 4) is 0 Å². The molecule has 3 aromatic rings. The molecule has 0 bridgehead atoms. The van der Waals surface area contributed by atoms with Crippen LogP contribution >= 0.6 is 81.2 Å². The fraction of sp³-hybridized carbons (Fsp3) is 0.0455.